The van der Waals surface area contributed by atoms with Gasteiger partial charge in [0.05, 0.1) is 11.6 Å². The number of likely N-dealkylation sites (tertiary alicyclic amines) is 1. The lowest BCUT2D eigenvalue weighted by Crippen LogP contribution is -2.42. The summed E-state index contributed by atoms with van der Waals surface area (Å²) < 4.78 is 5.22. The third kappa shape index (κ3) is 3.41. The van der Waals surface area contributed by atoms with Gasteiger partial charge in [0.2, 0.25) is 0 Å². The van der Waals surface area contributed by atoms with Gasteiger partial charge in [-0.25, -0.2) is 4.98 Å². The molecule has 1 N–H and O–H groups in total. The fourth-order valence-corrected chi connectivity index (χ4v) is 3.46. The van der Waals surface area contributed by atoms with E-state index in [-0.39, 0.29) is 18.6 Å². The highest BCUT2D eigenvalue weighted by atomic mass is 32.1. The average Bonchev–Trinajstić information content (AvgIpc) is 2.87. The number of amides is 1. The summed E-state index contributed by atoms with van der Waals surface area (Å²) in [5.74, 6) is -1.42. The van der Waals surface area contributed by atoms with Crippen LogP contribution >= 0.6 is 11.3 Å². The van der Waals surface area contributed by atoms with Gasteiger partial charge in [-0.1, -0.05) is 0 Å². The fraction of sp³-hybridized carbons (Fsp3) is 0.643. The average molecular weight is 312 g/mol. The Kier molecular flexibility index (Phi) is 4.95. The minimum absolute atomic E-state index is 0.120. The van der Waals surface area contributed by atoms with Crippen LogP contribution in [0.4, 0.5) is 0 Å². The van der Waals surface area contributed by atoms with Crippen LogP contribution in [-0.2, 0) is 9.53 Å². The van der Waals surface area contributed by atoms with Gasteiger partial charge in [0.25, 0.3) is 5.91 Å². The molecule has 1 amide bonds. The van der Waals surface area contributed by atoms with Crippen LogP contribution in [0.25, 0.3) is 0 Å². The summed E-state index contributed by atoms with van der Waals surface area (Å²) >= 11 is 1.33. The molecule has 7 heteroatoms. The van der Waals surface area contributed by atoms with Gasteiger partial charge in [0, 0.05) is 20.2 Å². The molecule has 6 nitrogen and oxygen atoms in total. The van der Waals surface area contributed by atoms with Crippen LogP contribution in [0.5, 0.6) is 0 Å². The minimum Gasteiger partial charge on any atom is -0.481 e. The second kappa shape index (κ2) is 6.53. The largest absolute Gasteiger partial charge is 0.481 e. The van der Waals surface area contributed by atoms with E-state index in [1.54, 1.807) is 18.9 Å². The Bertz CT molecular complexity index is 543. The number of carboxylic acid groups (broad SMARTS) is 1. The first-order valence-electron chi connectivity index (χ1n) is 6.96. The molecular weight excluding hydrogens is 292 g/mol. The van der Waals surface area contributed by atoms with Crippen molar-refractivity contribution in [3.63, 3.8) is 0 Å². The molecule has 21 heavy (non-hydrogen) atoms. The van der Waals surface area contributed by atoms with Gasteiger partial charge in [-0.15, -0.1) is 11.3 Å². The van der Waals surface area contributed by atoms with Crippen molar-refractivity contribution in [2.75, 3.05) is 20.2 Å². The van der Waals surface area contributed by atoms with Crippen LogP contribution in [0.1, 0.15) is 46.2 Å². The molecule has 1 aromatic heterocycles. The van der Waals surface area contributed by atoms with E-state index in [1.807, 2.05) is 6.92 Å². The van der Waals surface area contributed by atoms with Crippen LogP contribution in [0.2, 0.25) is 0 Å². The van der Waals surface area contributed by atoms with Crippen molar-refractivity contribution in [1.29, 1.82) is 0 Å². The van der Waals surface area contributed by atoms with Gasteiger partial charge in [0.1, 0.15) is 16.0 Å². The zero-order valence-electron chi connectivity index (χ0n) is 12.5. The van der Waals surface area contributed by atoms with Gasteiger partial charge in [0.15, 0.2) is 0 Å². The number of methoxy groups -OCH3 is 1. The van der Waals surface area contributed by atoms with Crippen LogP contribution in [0, 0.1) is 12.8 Å². The molecule has 2 rings (SSSR count). The molecule has 0 saturated carbocycles. The molecule has 116 valence electrons. The van der Waals surface area contributed by atoms with Crippen molar-refractivity contribution in [1.82, 2.24) is 9.88 Å². The van der Waals surface area contributed by atoms with Crippen molar-refractivity contribution in [3.05, 3.63) is 15.6 Å². The number of carboxylic acids is 1. The predicted octanol–water partition coefficient (Wildman–Crippen LogP) is 2.10. The highest BCUT2D eigenvalue weighted by Gasteiger charge is 2.30. The summed E-state index contributed by atoms with van der Waals surface area (Å²) in [6.07, 6.45) is 1.21. The maximum absolute atomic E-state index is 12.6. The summed E-state index contributed by atoms with van der Waals surface area (Å²) in [5, 5.41) is 9.88. The molecule has 0 unspecified atom stereocenters. The van der Waals surface area contributed by atoms with Crippen LogP contribution in [0.15, 0.2) is 0 Å². The predicted molar refractivity (Wildman–Crippen MR) is 78.5 cm³/mol. The van der Waals surface area contributed by atoms with E-state index in [1.165, 1.54) is 11.3 Å². The van der Waals surface area contributed by atoms with Crippen LogP contribution in [0.3, 0.4) is 0 Å². The Morgan fingerprint density at radius 1 is 1.52 bits per heavy atom. The Morgan fingerprint density at radius 3 is 2.86 bits per heavy atom. The number of piperidine rings is 1. The summed E-state index contributed by atoms with van der Waals surface area (Å²) in [6, 6.07) is 0. The van der Waals surface area contributed by atoms with E-state index >= 15 is 0 Å². The Balaban J connectivity index is 2.16. The highest BCUT2D eigenvalue weighted by molar-refractivity contribution is 7.13. The topological polar surface area (TPSA) is 79.7 Å². The van der Waals surface area contributed by atoms with Crippen LogP contribution in [-0.4, -0.2) is 47.1 Å². The first kappa shape index (κ1) is 15.9. The Hall–Kier alpha value is -1.47. The van der Waals surface area contributed by atoms with E-state index in [0.717, 1.165) is 11.4 Å². The number of hydrogen-bond donors (Lipinski definition) is 1. The number of ether oxygens (including phenoxy) is 1. The molecule has 1 fully saturated rings. The van der Waals surface area contributed by atoms with E-state index in [4.69, 9.17) is 9.84 Å². The Morgan fingerprint density at radius 2 is 2.24 bits per heavy atom. The van der Waals surface area contributed by atoms with Gasteiger partial charge >= 0.3 is 5.97 Å². The number of aliphatic carboxylic acids is 1. The molecule has 2 atom stereocenters. The fourth-order valence-electron chi connectivity index (χ4n) is 2.40. The molecule has 0 spiro atoms. The number of nitrogens with zero attached hydrogens (tertiary/aromatic N) is 2. The van der Waals surface area contributed by atoms with E-state index in [2.05, 4.69) is 4.98 Å². The summed E-state index contributed by atoms with van der Waals surface area (Å²) in [5.41, 5.74) is 0.682. The number of hydrogen-bond acceptors (Lipinski definition) is 5. The summed E-state index contributed by atoms with van der Waals surface area (Å²) in [6.45, 7) is 4.57. The lowest BCUT2D eigenvalue weighted by Gasteiger charge is -2.30. The maximum Gasteiger partial charge on any atom is 0.308 e. The molecular formula is C14H20N2O4S. The molecule has 0 radical (unpaired) electrons. The first-order valence-corrected chi connectivity index (χ1v) is 7.78. The summed E-state index contributed by atoms with van der Waals surface area (Å²) in [4.78, 5) is 30.3. The number of aryl methyl sites for hydroxylation is 1. The van der Waals surface area contributed by atoms with Gasteiger partial charge < -0.3 is 14.7 Å². The molecule has 2 heterocycles. The lowest BCUT2D eigenvalue weighted by molar-refractivity contribution is -0.143. The SMILES string of the molecule is CO[C@H](C)c1nc(C)c(C(=O)N2CCC[C@@H](C(=O)O)C2)s1. The van der Waals surface area contributed by atoms with Crippen molar-refractivity contribution in [2.24, 2.45) is 5.92 Å². The number of aromatic nitrogens is 1. The number of thiazole rings is 1. The van der Waals surface area contributed by atoms with Crippen molar-refractivity contribution < 1.29 is 19.4 Å². The highest BCUT2D eigenvalue weighted by Crippen LogP contribution is 2.28. The summed E-state index contributed by atoms with van der Waals surface area (Å²) in [7, 11) is 1.60. The van der Waals surface area contributed by atoms with Crippen molar-refractivity contribution in [2.45, 2.75) is 32.8 Å². The maximum atomic E-state index is 12.6. The smallest absolute Gasteiger partial charge is 0.308 e. The third-order valence-corrected chi connectivity index (χ3v) is 5.07. The second-order valence-electron chi connectivity index (χ2n) is 5.27. The lowest BCUT2D eigenvalue weighted by atomic mass is 9.98. The quantitative estimate of drug-likeness (QED) is 0.921. The first-order chi connectivity index (χ1) is 9.93. The Labute approximate surface area is 127 Å². The molecule has 0 aliphatic carbocycles. The van der Waals surface area contributed by atoms with E-state index in [0.29, 0.717) is 23.5 Å². The zero-order valence-corrected chi connectivity index (χ0v) is 13.3. The molecule has 0 bridgehead atoms. The number of carbonyl (C=O) groups excluding carboxylic acids is 1. The van der Waals surface area contributed by atoms with Gasteiger partial charge in [-0.2, -0.15) is 0 Å². The van der Waals surface area contributed by atoms with Gasteiger partial charge in [-0.3, -0.25) is 9.59 Å². The minimum atomic E-state index is -0.831. The van der Waals surface area contributed by atoms with Crippen molar-refractivity contribution >= 4 is 23.2 Å². The number of rotatable bonds is 4. The molecule has 1 aliphatic heterocycles. The van der Waals surface area contributed by atoms with Crippen LogP contribution < -0.4 is 0 Å². The molecule has 0 aromatic carbocycles. The second-order valence-corrected chi connectivity index (χ2v) is 6.30. The standard InChI is InChI=1S/C14H20N2O4S/c1-8-11(21-12(15-8)9(2)20-3)13(17)16-6-4-5-10(7-16)14(18)19/h9-10H,4-7H2,1-3H3,(H,18,19)/t9-,10-/m1/s1. The zero-order chi connectivity index (χ0) is 15.6. The molecule has 1 saturated heterocycles. The van der Waals surface area contributed by atoms with Crippen molar-refractivity contribution in [3.8, 4) is 0 Å². The monoisotopic (exact) mass is 312 g/mol. The molecule has 1 aromatic rings. The third-order valence-electron chi connectivity index (χ3n) is 3.77. The van der Waals surface area contributed by atoms with E-state index in [9.17, 15) is 9.59 Å². The number of carbonyl (C=O) groups is 2. The van der Waals surface area contributed by atoms with Gasteiger partial charge in [-0.05, 0) is 26.7 Å². The van der Waals surface area contributed by atoms with E-state index < -0.39 is 11.9 Å². The molecule has 1 aliphatic rings. The normalized spacial score (nSPS) is 20.3.